The molecule has 1 aliphatic heterocycles. The second-order valence-electron chi connectivity index (χ2n) is 5.70. The number of allylic oxidation sites excluding steroid dienone is 1. The van der Waals surface area contributed by atoms with E-state index in [0.29, 0.717) is 11.3 Å². The van der Waals surface area contributed by atoms with E-state index in [1.807, 2.05) is 6.07 Å². The van der Waals surface area contributed by atoms with E-state index in [1.165, 1.54) is 24.3 Å². The van der Waals surface area contributed by atoms with E-state index >= 15 is 0 Å². The molecule has 0 aliphatic carbocycles. The third kappa shape index (κ3) is 3.80. The molecule has 1 heterocycles. The van der Waals surface area contributed by atoms with Crippen LogP contribution in [0.2, 0.25) is 0 Å². The summed E-state index contributed by atoms with van der Waals surface area (Å²) in [4.78, 5) is 37.3. The van der Waals surface area contributed by atoms with Gasteiger partial charge >= 0.3 is 12.1 Å². The van der Waals surface area contributed by atoms with Gasteiger partial charge < -0.3 is 9.47 Å². The number of carbonyl (C=O) groups is 3. The first-order valence-corrected chi connectivity index (χ1v) is 8.03. The van der Waals surface area contributed by atoms with Gasteiger partial charge in [-0.1, -0.05) is 30.3 Å². The Morgan fingerprint density at radius 2 is 1.73 bits per heavy atom. The third-order valence-corrected chi connectivity index (χ3v) is 4.03. The Morgan fingerprint density at radius 1 is 1.04 bits per heavy atom. The van der Waals surface area contributed by atoms with Crippen LogP contribution in [-0.2, 0) is 9.53 Å². The largest absolute Gasteiger partial charge is 0.465 e. The molecule has 0 radical (unpaired) electrons. The van der Waals surface area contributed by atoms with Crippen LogP contribution in [0.25, 0.3) is 0 Å². The second kappa shape index (κ2) is 7.65. The van der Waals surface area contributed by atoms with Crippen molar-refractivity contribution in [3.8, 4) is 5.75 Å². The number of para-hydroxylation sites is 1. The topological polar surface area (TPSA) is 72.9 Å². The Balaban J connectivity index is 1.83. The van der Waals surface area contributed by atoms with Crippen LogP contribution in [0.4, 0.5) is 4.79 Å². The summed E-state index contributed by atoms with van der Waals surface area (Å²) in [5.41, 5.74) is 1.12. The number of hydrogen-bond donors (Lipinski definition) is 0. The maximum atomic E-state index is 12.5. The molecule has 1 atom stereocenters. The summed E-state index contributed by atoms with van der Waals surface area (Å²) < 4.78 is 10.0. The molecular formula is C20H17NO5. The number of ketones is 1. The maximum absolute atomic E-state index is 12.5. The Bertz CT molecular complexity index is 842. The second-order valence-corrected chi connectivity index (χ2v) is 5.70. The van der Waals surface area contributed by atoms with Crippen molar-refractivity contribution in [3.63, 3.8) is 0 Å². The van der Waals surface area contributed by atoms with Crippen LogP contribution in [0.3, 0.4) is 0 Å². The molecule has 0 fully saturated rings. The lowest BCUT2D eigenvalue weighted by Gasteiger charge is -2.30. The first-order chi connectivity index (χ1) is 12.6. The molecule has 132 valence electrons. The van der Waals surface area contributed by atoms with E-state index in [2.05, 4.69) is 4.74 Å². The number of rotatable bonds is 3. The molecule has 1 amide bonds. The molecule has 2 aromatic rings. The van der Waals surface area contributed by atoms with Gasteiger partial charge in [0.25, 0.3) is 0 Å². The van der Waals surface area contributed by atoms with Crippen molar-refractivity contribution in [1.82, 2.24) is 4.90 Å². The number of ether oxygens (including phenoxy) is 2. The summed E-state index contributed by atoms with van der Waals surface area (Å²) in [7, 11) is 1.31. The van der Waals surface area contributed by atoms with Crippen LogP contribution in [0, 0.1) is 0 Å². The first kappa shape index (κ1) is 17.4. The number of benzene rings is 2. The quantitative estimate of drug-likeness (QED) is 0.792. The lowest BCUT2D eigenvalue weighted by atomic mass is 9.97. The molecule has 0 spiro atoms. The molecule has 6 heteroatoms. The van der Waals surface area contributed by atoms with Crippen LogP contribution in [0.15, 0.2) is 66.9 Å². The molecular weight excluding hydrogens is 334 g/mol. The molecule has 0 aromatic heterocycles. The zero-order valence-corrected chi connectivity index (χ0v) is 14.1. The molecule has 26 heavy (non-hydrogen) atoms. The summed E-state index contributed by atoms with van der Waals surface area (Å²) in [6.07, 6.45) is 2.33. The monoisotopic (exact) mass is 351 g/mol. The van der Waals surface area contributed by atoms with Gasteiger partial charge in [-0.15, -0.1) is 0 Å². The van der Waals surface area contributed by atoms with Gasteiger partial charge in [-0.25, -0.2) is 9.59 Å². The minimum absolute atomic E-state index is 0.0872. The van der Waals surface area contributed by atoms with Gasteiger partial charge in [0.2, 0.25) is 0 Å². The van der Waals surface area contributed by atoms with Gasteiger partial charge in [-0.3, -0.25) is 9.69 Å². The van der Waals surface area contributed by atoms with Gasteiger partial charge in [0, 0.05) is 12.6 Å². The average molecular weight is 351 g/mol. The number of methoxy groups -OCH3 is 1. The fraction of sp³-hybridized carbons (Fsp3) is 0.150. The number of esters is 1. The van der Waals surface area contributed by atoms with E-state index in [4.69, 9.17) is 4.74 Å². The molecule has 0 N–H and O–H groups in total. The predicted octanol–water partition coefficient (Wildman–Crippen LogP) is 3.50. The minimum Gasteiger partial charge on any atom is -0.465 e. The van der Waals surface area contributed by atoms with Gasteiger partial charge in [-0.2, -0.15) is 0 Å². The van der Waals surface area contributed by atoms with Crippen LogP contribution in [0.5, 0.6) is 5.75 Å². The van der Waals surface area contributed by atoms with Gasteiger partial charge in [0.05, 0.1) is 18.7 Å². The molecule has 2 aromatic carbocycles. The Labute approximate surface area is 150 Å². The maximum Gasteiger partial charge on any atom is 0.419 e. The zero-order valence-electron chi connectivity index (χ0n) is 14.1. The summed E-state index contributed by atoms with van der Waals surface area (Å²) in [6, 6.07) is 14.8. The van der Waals surface area contributed by atoms with E-state index < -0.39 is 18.1 Å². The number of amides is 1. The fourth-order valence-electron chi connectivity index (χ4n) is 2.69. The number of hydrogen-bond acceptors (Lipinski definition) is 5. The highest BCUT2D eigenvalue weighted by molar-refractivity contribution is 5.93. The third-order valence-electron chi connectivity index (χ3n) is 4.03. The number of nitrogens with zero attached hydrogens (tertiary/aromatic N) is 1. The Hall–Kier alpha value is -3.41. The highest BCUT2D eigenvalue weighted by atomic mass is 16.6. The van der Waals surface area contributed by atoms with Crippen LogP contribution < -0.4 is 4.74 Å². The SMILES string of the molecule is COC(=O)c1ccc([C@@H]2CC(=O)C=CN2C(=O)Oc2ccccc2)cc1. The number of carbonyl (C=O) groups excluding carboxylic acids is 3. The lowest BCUT2D eigenvalue weighted by Crippen LogP contribution is -2.36. The smallest absolute Gasteiger partial charge is 0.419 e. The fourth-order valence-corrected chi connectivity index (χ4v) is 2.69. The molecule has 0 saturated heterocycles. The van der Waals surface area contributed by atoms with Crippen molar-refractivity contribution in [3.05, 3.63) is 78.0 Å². The summed E-state index contributed by atoms with van der Waals surface area (Å²) >= 11 is 0. The van der Waals surface area contributed by atoms with Crippen molar-refractivity contribution < 1.29 is 23.9 Å². The van der Waals surface area contributed by atoms with Crippen LogP contribution in [0.1, 0.15) is 28.4 Å². The molecule has 0 bridgehead atoms. The van der Waals surface area contributed by atoms with Crippen LogP contribution >= 0.6 is 0 Å². The highest BCUT2D eigenvalue weighted by Gasteiger charge is 2.30. The molecule has 6 nitrogen and oxygen atoms in total. The molecule has 1 aliphatic rings. The van der Waals surface area contributed by atoms with E-state index in [0.717, 1.165) is 5.56 Å². The zero-order chi connectivity index (χ0) is 18.5. The molecule has 0 unspecified atom stereocenters. The van der Waals surface area contributed by atoms with E-state index in [-0.39, 0.29) is 12.2 Å². The Kier molecular flexibility index (Phi) is 5.12. The summed E-state index contributed by atoms with van der Waals surface area (Å²) in [5, 5.41) is 0. The van der Waals surface area contributed by atoms with Gasteiger partial charge in [0.1, 0.15) is 5.75 Å². The first-order valence-electron chi connectivity index (χ1n) is 8.03. The van der Waals surface area contributed by atoms with Crippen molar-refractivity contribution in [1.29, 1.82) is 0 Å². The molecule has 0 saturated carbocycles. The average Bonchev–Trinajstić information content (AvgIpc) is 2.68. The van der Waals surface area contributed by atoms with Crippen molar-refractivity contribution in [2.45, 2.75) is 12.5 Å². The van der Waals surface area contributed by atoms with Gasteiger partial charge in [-0.05, 0) is 35.9 Å². The summed E-state index contributed by atoms with van der Waals surface area (Å²) in [5.74, 6) is -0.116. The predicted molar refractivity (Wildman–Crippen MR) is 93.6 cm³/mol. The van der Waals surface area contributed by atoms with Crippen molar-refractivity contribution in [2.24, 2.45) is 0 Å². The van der Waals surface area contributed by atoms with Crippen LogP contribution in [-0.4, -0.2) is 29.9 Å². The highest BCUT2D eigenvalue weighted by Crippen LogP contribution is 2.29. The van der Waals surface area contributed by atoms with Gasteiger partial charge in [0.15, 0.2) is 5.78 Å². The lowest BCUT2D eigenvalue weighted by molar-refractivity contribution is -0.116. The van der Waals surface area contributed by atoms with Crippen molar-refractivity contribution in [2.75, 3.05) is 7.11 Å². The van der Waals surface area contributed by atoms with E-state index in [9.17, 15) is 14.4 Å². The van der Waals surface area contributed by atoms with Crippen molar-refractivity contribution >= 4 is 17.8 Å². The standard InChI is InChI=1S/C20H17NO5/c1-25-19(23)15-9-7-14(8-10-15)18-13-16(22)11-12-21(18)20(24)26-17-5-3-2-4-6-17/h2-12,18H,13H2,1H3/t18-/m0/s1. The minimum atomic E-state index is -0.581. The van der Waals surface area contributed by atoms with E-state index in [1.54, 1.807) is 48.5 Å². The normalized spacial score (nSPS) is 16.3. The summed E-state index contributed by atoms with van der Waals surface area (Å²) in [6.45, 7) is 0. The Morgan fingerprint density at radius 3 is 2.38 bits per heavy atom. The molecule has 3 rings (SSSR count).